The third-order valence-corrected chi connectivity index (χ3v) is 2.77. The molecule has 0 aromatic heterocycles. The van der Waals surface area contributed by atoms with E-state index in [0.29, 0.717) is 5.69 Å². The number of anilines is 2. The number of benzene rings is 2. The quantitative estimate of drug-likeness (QED) is 0.815. The van der Waals surface area contributed by atoms with Gasteiger partial charge in [0.2, 0.25) is 0 Å². The molecule has 0 radical (unpaired) electrons. The average Bonchev–Trinajstić information content (AvgIpc) is 2.38. The van der Waals surface area contributed by atoms with Gasteiger partial charge in [-0.2, -0.15) is 0 Å². The summed E-state index contributed by atoms with van der Waals surface area (Å²) < 4.78 is 13.7. The molecule has 0 unspecified atom stereocenters. The lowest BCUT2D eigenvalue weighted by molar-refractivity contribution is 0.0989. The summed E-state index contributed by atoms with van der Waals surface area (Å²) in [5.74, 6) is -1.04. The highest BCUT2D eigenvalue weighted by Gasteiger charge is 2.17. The number of nitrogen functional groups attached to an aromatic ring is 1. The van der Waals surface area contributed by atoms with E-state index in [4.69, 9.17) is 5.73 Å². The van der Waals surface area contributed by atoms with Crippen molar-refractivity contribution in [1.29, 1.82) is 0 Å². The first-order valence-electron chi connectivity index (χ1n) is 5.61. The van der Waals surface area contributed by atoms with Gasteiger partial charge in [-0.25, -0.2) is 4.39 Å². The zero-order valence-corrected chi connectivity index (χ0v) is 10.3. The minimum Gasteiger partial charge on any atom is -0.508 e. The molecular weight excluding hydrogens is 247 g/mol. The van der Waals surface area contributed by atoms with Crippen LogP contribution >= 0.6 is 0 Å². The molecule has 2 aromatic rings. The van der Waals surface area contributed by atoms with Crippen molar-refractivity contribution in [3.63, 3.8) is 0 Å². The van der Waals surface area contributed by atoms with Gasteiger partial charge >= 0.3 is 0 Å². The Hall–Kier alpha value is -2.56. The van der Waals surface area contributed by atoms with Crippen LogP contribution in [0.5, 0.6) is 5.75 Å². The van der Waals surface area contributed by atoms with Crippen LogP contribution in [0.2, 0.25) is 0 Å². The van der Waals surface area contributed by atoms with Crippen molar-refractivity contribution in [3.8, 4) is 5.75 Å². The molecule has 19 heavy (non-hydrogen) atoms. The summed E-state index contributed by atoms with van der Waals surface area (Å²) in [4.78, 5) is 13.4. The largest absolute Gasteiger partial charge is 0.508 e. The molecule has 2 aromatic carbocycles. The molecule has 98 valence electrons. The lowest BCUT2D eigenvalue weighted by Crippen LogP contribution is -2.27. The first kappa shape index (κ1) is 12.9. The SMILES string of the molecule is CN(C(=O)c1ccc(N)cc1F)c1ccc(O)cc1. The van der Waals surface area contributed by atoms with Crippen LogP contribution in [0, 0.1) is 5.82 Å². The molecule has 0 heterocycles. The smallest absolute Gasteiger partial charge is 0.260 e. The molecule has 0 fully saturated rings. The monoisotopic (exact) mass is 260 g/mol. The molecular formula is C14H13FN2O2. The molecule has 0 saturated carbocycles. The van der Waals surface area contributed by atoms with Gasteiger partial charge in [0.25, 0.3) is 5.91 Å². The third-order valence-electron chi connectivity index (χ3n) is 2.77. The number of halogens is 1. The van der Waals surface area contributed by atoms with Gasteiger partial charge in [-0.1, -0.05) is 0 Å². The molecule has 0 aliphatic heterocycles. The van der Waals surface area contributed by atoms with Gasteiger partial charge < -0.3 is 15.7 Å². The van der Waals surface area contributed by atoms with Crippen molar-refractivity contribution in [2.24, 2.45) is 0 Å². The van der Waals surface area contributed by atoms with Gasteiger partial charge in [-0.3, -0.25) is 4.79 Å². The summed E-state index contributed by atoms with van der Waals surface area (Å²) in [6, 6.07) is 9.99. The molecule has 2 rings (SSSR count). The van der Waals surface area contributed by atoms with Gasteiger partial charge in [0.1, 0.15) is 11.6 Å². The normalized spacial score (nSPS) is 10.2. The van der Waals surface area contributed by atoms with Crippen molar-refractivity contribution in [2.75, 3.05) is 17.7 Å². The predicted molar refractivity (Wildman–Crippen MR) is 71.7 cm³/mol. The summed E-state index contributed by atoms with van der Waals surface area (Å²) in [6.45, 7) is 0. The zero-order valence-electron chi connectivity index (χ0n) is 10.3. The maximum atomic E-state index is 13.7. The fraction of sp³-hybridized carbons (Fsp3) is 0.0714. The minimum atomic E-state index is -0.657. The molecule has 5 heteroatoms. The van der Waals surface area contributed by atoms with Crippen LogP contribution in [-0.2, 0) is 0 Å². The Kier molecular flexibility index (Phi) is 3.37. The Morgan fingerprint density at radius 3 is 2.42 bits per heavy atom. The Labute approximate surface area is 109 Å². The minimum absolute atomic E-state index is 0.0511. The van der Waals surface area contributed by atoms with Gasteiger partial charge in [0.05, 0.1) is 5.56 Å². The van der Waals surface area contributed by atoms with E-state index in [2.05, 4.69) is 0 Å². The number of carbonyl (C=O) groups is 1. The first-order chi connectivity index (χ1) is 8.99. The van der Waals surface area contributed by atoms with E-state index >= 15 is 0 Å². The highest BCUT2D eigenvalue weighted by Crippen LogP contribution is 2.20. The van der Waals surface area contributed by atoms with E-state index in [9.17, 15) is 14.3 Å². The van der Waals surface area contributed by atoms with Crippen LogP contribution < -0.4 is 10.6 Å². The Morgan fingerprint density at radius 2 is 1.84 bits per heavy atom. The average molecular weight is 260 g/mol. The van der Waals surface area contributed by atoms with Crippen LogP contribution in [-0.4, -0.2) is 18.1 Å². The number of hydrogen-bond acceptors (Lipinski definition) is 3. The summed E-state index contributed by atoms with van der Waals surface area (Å²) in [7, 11) is 1.53. The van der Waals surface area contributed by atoms with Crippen LogP contribution in [0.25, 0.3) is 0 Å². The van der Waals surface area contributed by atoms with E-state index in [1.807, 2.05) is 0 Å². The lowest BCUT2D eigenvalue weighted by atomic mass is 10.1. The summed E-state index contributed by atoms with van der Waals surface area (Å²) in [6.07, 6.45) is 0. The highest BCUT2D eigenvalue weighted by molar-refractivity contribution is 6.06. The van der Waals surface area contributed by atoms with Gasteiger partial charge in [-0.05, 0) is 42.5 Å². The first-order valence-corrected chi connectivity index (χ1v) is 5.61. The highest BCUT2D eigenvalue weighted by atomic mass is 19.1. The maximum Gasteiger partial charge on any atom is 0.260 e. The van der Waals surface area contributed by atoms with Crippen molar-refractivity contribution < 1.29 is 14.3 Å². The Balaban J connectivity index is 2.30. The van der Waals surface area contributed by atoms with Crippen molar-refractivity contribution in [2.45, 2.75) is 0 Å². The van der Waals surface area contributed by atoms with Crippen molar-refractivity contribution in [1.82, 2.24) is 0 Å². The van der Waals surface area contributed by atoms with Crippen molar-refractivity contribution >= 4 is 17.3 Å². The van der Waals surface area contributed by atoms with E-state index in [1.165, 1.54) is 36.2 Å². The number of carbonyl (C=O) groups excluding carboxylic acids is 1. The number of rotatable bonds is 2. The van der Waals surface area contributed by atoms with Gasteiger partial charge in [0, 0.05) is 18.4 Å². The molecule has 4 nitrogen and oxygen atoms in total. The molecule has 0 bridgehead atoms. The van der Waals surface area contributed by atoms with E-state index in [1.54, 1.807) is 12.1 Å². The van der Waals surface area contributed by atoms with E-state index in [0.717, 1.165) is 6.07 Å². The molecule has 3 N–H and O–H groups in total. The molecule has 0 spiro atoms. The fourth-order valence-electron chi connectivity index (χ4n) is 1.68. The maximum absolute atomic E-state index is 13.7. The number of aromatic hydroxyl groups is 1. The van der Waals surface area contributed by atoms with Crippen molar-refractivity contribution in [3.05, 3.63) is 53.8 Å². The van der Waals surface area contributed by atoms with Gasteiger partial charge in [-0.15, -0.1) is 0 Å². The second-order valence-corrected chi connectivity index (χ2v) is 4.12. The molecule has 0 aliphatic rings. The second kappa shape index (κ2) is 4.97. The molecule has 0 saturated heterocycles. The molecule has 1 amide bonds. The zero-order chi connectivity index (χ0) is 14.0. The van der Waals surface area contributed by atoms with E-state index in [-0.39, 0.29) is 17.0 Å². The Bertz CT molecular complexity index is 611. The van der Waals surface area contributed by atoms with E-state index < -0.39 is 11.7 Å². The number of nitrogens with two attached hydrogens (primary N) is 1. The van der Waals surface area contributed by atoms with Crippen LogP contribution in [0.3, 0.4) is 0 Å². The van der Waals surface area contributed by atoms with Crippen LogP contribution in [0.15, 0.2) is 42.5 Å². The van der Waals surface area contributed by atoms with Crippen LogP contribution in [0.4, 0.5) is 15.8 Å². The summed E-state index contributed by atoms with van der Waals surface area (Å²) in [5, 5.41) is 9.19. The van der Waals surface area contributed by atoms with Crippen LogP contribution in [0.1, 0.15) is 10.4 Å². The standard InChI is InChI=1S/C14H13FN2O2/c1-17(10-3-5-11(18)6-4-10)14(19)12-7-2-9(16)8-13(12)15/h2-8,18H,16H2,1H3. The molecule has 0 aliphatic carbocycles. The number of phenols is 1. The number of hydrogen-bond donors (Lipinski definition) is 2. The van der Waals surface area contributed by atoms with Gasteiger partial charge in [0.15, 0.2) is 0 Å². The molecule has 0 atom stereocenters. The predicted octanol–water partition coefficient (Wildman–Crippen LogP) is 2.39. The lowest BCUT2D eigenvalue weighted by Gasteiger charge is -2.17. The third kappa shape index (κ3) is 2.65. The fourth-order valence-corrected chi connectivity index (χ4v) is 1.68. The topological polar surface area (TPSA) is 66.6 Å². The summed E-state index contributed by atoms with van der Waals surface area (Å²) in [5.41, 5.74) is 6.21. The summed E-state index contributed by atoms with van der Waals surface area (Å²) >= 11 is 0. The Morgan fingerprint density at radius 1 is 1.21 bits per heavy atom. The number of amides is 1. The number of nitrogens with zero attached hydrogens (tertiary/aromatic N) is 1. The second-order valence-electron chi connectivity index (χ2n) is 4.12. The number of phenolic OH excluding ortho intramolecular Hbond substituents is 1.